The molecule has 0 radical (unpaired) electrons. The Bertz CT molecular complexity index is 1520. The SMILES string of the molecule is CCNC(=O)c1ccc(C(C=CC(=N)C(C)=CC(=N)C(F)(F)c2ccc3nn(C)cc3c2F)=NC)cc1F. The Morgan fingerprint density at radius 2 is 1.89 bits per heavy atom. The Kier molecular flexibility index (Phi) is 8.39. The lowest BCUT2D eigenvalue weighted by molar-refractivity contribution is 0.0722. The molecule has 11 heteroatoms. The highest BCUT2D eigenvalue weighted by Gasteiger charge is 2.39. The molecule has 1 amide bonds. The topological polar surface area (TPSA) is 107 Å². The van der Waals surface area contributed by atoms with E-state index in [4.69, 9.17) is 10.8 Å². The molecule has 0 aliphatic rings. The fourth-order valence-electron chi connectivity index (χ4n) is 3.66. The summed E-state index contributed by atoms with van der Waals surface area (Å²) >= 11 is 0. The summed E-state index contributed by atoms with van der Waals surface area (Å²) in [6.07, 6.45) is 4.72. The number of alkyl halides is 2. The van der Waals surface area contributed by atoms with Gasteiger partial charge in [0.1, 0.15) is 17.3 Å². The highest BCUT2D eigenvalue weighted by atomic mass is 19.3. The summed E-state index contributed by atoms with van der Waals surface area (Å²) in [5.41, 5.74) is -1.66. The first-order valence-corrected chi connectivity index (χ1v) is 11.5. The molecule has 0 unspecified atom stereocenters. The number of allylic oxidation sites excluding steroid dienone is 4. The minimum Gasteiger partial charge on any atom is -0.352 e. The number of nitrogens with zero attached hydrogens (tertiary/aromatic N) is 3. The van der Waals surface area contributed by atoms with Crippen LogP contribution in [-0.2, 0) is 13.0 Å². The number of aryl methyl sites for hydroxylation is 1. The van der Waals surface area contributed by atoms with Crippen molar-refractivity contribution in [2.45, 2.75) is 19.8 Å². The van der Waals surface area contributed by atoms with Gasteiger partial charge in [-0.3, -0.25) is 19.9 Å². The molecule has 7 nitrogen and oxygen atoms in total. The minimum absolute atomic E-state index is 0.0157. The number of hydrogen-bond acceptors (Lipinski definition) is 5. The average Bonchev–Trinajstić information content (AvgIpc) is 3.25. The van der Waals surface area contributed by atoms with Crippen molar-refractivity contribution in [3.63, 3.8) is 0 Å². The summed E-state index contributed by atoms with van der Waals surface area (Å²) in [4.78, 5) is 16.0. The van der Waals surface area contributed by atoms with E-state index < -0.39 is 34.7 Å². The predicted molar refractivity (Wildman–Crippen MR) is 140 cm³/mol. The summed E-state index contributed by atoms with van der Waals surface area (Å²) in [5.74, 6) is -6.43. The quantitative estimate of drug-likeness (QED) is 0.258. The summed E-state index contributed by atoms with van der Waals surface area (Å²) < 4.78 is 60.6. The highest BCUT2D eigenvalue weighted by molar-refractivity contribution is 6.16. The first-order chi connectivity index (χ1) is 17.9. The third kappa shape index (κ3) is 5.77. The van der Waals surface area contributed by atoms with E-state index in [0.29, 0.717) is 12.1 Å². The molecule has 0 fully saturated rings. The Labute approximate surface area is 216 Å². The second kappa shape index (κ2) is 11.3. The van der Waals surface area contributed by atoms with Gasteiger partial charge in [0.2, 0.25) is 0 Å². The van der Waals surface area contributed by atoms with Crippen LogP contribution in [0.3, 0.4) is 0 Å². The zero-order valence-electron chi connectivity index (χ0n) is 21.2. The molecule has 1 aromatic heterocycles. The number of hydrogen-bond donors (Lipinski definition) is 3. The number of aliphatic imine (C=N–C) groups is 1. The molecule has 0 atom stereocenters. The molecule has 0 aliphatic heterocycles. The van der Waals surface area contributed by atoms with Crippen LogP contribution >= 0.6 is 0 Å². The zero-order valence-corrected chi connectivity index (χ0v) is 21.2. The molecule has 0 saturated heterocycles. The highest BCUT2D eigenvalue weighted by Crippen LogP contribution is 2.35. The molecule has 1 heterocycles. The predicted octanol–water partition coefficient (Wildman–Crippen LogP) is 5.35. The third-order valence-corrected chi connectivity index (χ3v) is 5.70. The summed E-state index contributed by atoms with van der Waals surface area (Å²) in [6, 6.07) is 6.10. The van der Waals surface area contributed by atoms with Crippen molar-refractivity contribution in [3.8, 4) is 0 Å². The van der Waals surface area contributed by atoms with Gasteiger partial charge in [0.05, 0.1) is 33.5 Å². The van der Waals surface area contributed by atoms with Crippen LogP contribution in [0.15, 0.2) is 65.3 Å². The Balaban J connectivity index is 1.80. The number of fused-ring (bicyclic) bond motifs is 1. The molecule has 0 saturated carbocycles. The lowest BCUT2D eigenvalue weighted by atomic mass is 9.98. The first kappa shape index (κ1) is 28.2. The lowest BCUT2D eigenvalue weighted by Gasteiger charge is -2.17. The summed E-state index contributed by atoms with van der Waals surface area (Å²) in [7, 11) is 2.99. The number of halogens is 4. The van der Waals surface area contributed by atoms with Gasteiger partial charge >= 0.3 is 5.92 Å². The van der Waals surface area contributed by atoms with Crippen molar-refractivity contribution in [1.29, 1.82) is 10.8 Å². The maximum atomic E-state index is 15.0. The normalized spacial score (nSPS) is 12.8. The van der Waals surface area contributed by atoms with Gasteiger partial charge in [-0.05, 0) is 61.9 Å². The van der Waals surface area contributed by atoms with Gasteiger partial charge in [-0.1, -0.05) is 6.07 Å². The third-order valence-electron chi connectivity index (χ3n) is 5.70. The molecule has 2 aromatic carbocycles. The standard InChI is InChI=1S/C27H26F4N6O/c1-5-35-26(38)17-7-6-16(13-20(17)28)22(34-3)11-9-21(32)15(2)12-24(33)27(30,31)19-8-10-23-18(25(19)29)14-37(4)36-23/h6-14,32-33H,5H2,1-4H3,(H,35,38). The van der Waals surface area contributed by atoms with Gasteiger partial charge in [0, 0.05) is 32.4 Å². The van der Waals surface area contributed by atoms with Gasteiger partial charge in [0.15, 0.2) is 0 Å². The van der Waals surface area contributed by atoms with E-state index in [1.54, 1.807) is 6.92 Å². The number of amides is 1. The van der Waals surface area contributed by atoms with Crippen LogP contribution in [0.4, 0.5) is 17.6 Å². The average molecular weight is 527 g/mol. The number of aromatic nitrogens is 2. The summed E-state index contributed by atoms with van der Waals surface area (Å²) in [6.45, 7) is 3.42. The number of benzene rings is 2. The van der Waals surface area contributed by atoms with Gasteiger partial charge in [-0.2, -0.15) is 13.9 Å². The van der Waals surface area contributed by atoms with Crippen molar-refractivity contribution < 1.29 is 22.4 Å². The fourth-order valence-corrected chi connectivity index (χ4v) is 3.66. The lowest BCUT2D eigenvalue weighted by Crippen LogP contribution is -2.25. The molecule has 3 rings (SSSR count). The summed E-state index contributed by atoms with van der Waals surface area (Å²) in [5, 5.41) is 22.5. The monoisotopic (exact) mass is 526 g/mol. The molecule has 3 aromatic rings. The van der Waals surface area contributed by atoms with E-state index in [9.17, 15) is 13.6 Å². The van der Waals surface area contributed by atoms with Gasteiger partial charge in [0.25, 0.3) is 5.91 Å². The molecule has 3 N–H and O–H groups in total. The molecule has 0 spiro atoms. The van der Waals surface area contributed by atoms with Gasteiger partial charge < -0.3 is 10.7 Å². The Morgan fingerprint density at radius 1 is 1.18 bits per heavy atom. The van der Waals surface area contributed by atoms with Gasteiger partial charge in [-0.25, -0.2) is 8.78 Å². The smallest absolute Gasteiger partial charge is 0.317 e. The van der Waals surface area contributed by atoms with E-state index in [1.165, 1.54) is 62.2 Å². The molecule has 0 aliphatic carbocycles. The first-order valence-electron chi connectivity index (χ1n) is 11.5. The van der Waals surface area contributed by atoms with Gasteiger partial charge in [-0.15, -0.1) is 0 Å². The Hall–Kier alpha value is -4.41. The number of rotatable bonds is 9. The van der Waals surface area contributed by atoms with Crippen molar-refractivity contribution in [1.82, 2.24) is 15.1 Å². The van der Waals surface area contributed by atoms with Crippen molar-refractivity contribution in [2.24, 2.45) is 12.0 Å². The number of carbonyl (C=O) groups excluding carboxylic acids is 1. The van der Waals surface area contributed by atoms with E-state index in [0.717, 1.165) is 18.2 Å². The largest absolute Gasteiger partial charge is 0.352 e. The van der Waals surface area contributed by atoms with Crippen LogP contribution in [-0.4, -0.2) is 46.4 Å². The molecule has 38 heavy (non-hydrogen) atoms. The van der Waals surface area contributed by atoms with E-state index in [2.05, 4.69) is 15.4 Å². The van der Waals surface area contributed by atoms with Crippen LogP contribution in [0.25, 0.3) is 10.9 Å². The van der Waals surface area contributed by atoms with Crippen molar-refractivity contribution in [3.05, 3.63) is 88.7 Å². The van der Waals surface area contributed by atoms with Crippen molar-refractivity contribution >= 4 is 33.9 Å². The minimum atomic E-state index is -3.96. The van der Waals surface area contributed by atoms with Crippen LogP contribution in [0.5, 0.6) is 0 Å². The molecular formula is C27H26F4N6O. The fraction of sp³-hybridized carbons (Fsp3) is 0.222. The second-order valence-electron chi connectivity index (χ2n) is 8.39. The second-order valence-corrected chi connectivity index (χ2v) is 8.39. The van der Waals surface area contributed by atoms with Crippen LogP contribution in [0.2, 0.25) is 0 Å². The van der Waals surface area contributed by atoms with Crippen LogP contribution in [0.1, 0.15) is 35.3 Å². The maximum Gasteiger partial charge on any atom is 0.317 e. The molecule has 0 bridgehead atoms. The van der Waals surface area contributed by atoms with E-state index in [1.807, 2.05) is 0 Å². The molecule has 198 valence electrons. The van der Waals surface area contributed by atoms with E-state index >= 15 is 8.78 Å². The van der Waals surface area contributed by atoms with Crippen LogP contribution in [0, 0.1) is 22.5 Å². The number of carbonyl (C=O) groups is 1. The van der Waals surface area contributed by atoms with Crippen LogP contribution < -0.4 is 5.32 Å². The van der Waals surface area contributed by atoms with Crippen molar-refractivity contribution in [2.75, 3.05) is 13.6 Å². The zero-order chi connectivity index (χ0) is 28.2. The number of nitrogens with one attached hydrogen (secondary N) is 3. The maximum absolute atomic E-state index is 15.0. The Morgan fingerprint density at radius 3 is 2.53 bits per heavy atom. The molecular weight excluding hydrogens is 500 g/mol. The van der Waals surface area contributed by atoms with E-state index in [-0.39, 0.29) is 33.5 Å².